The molecule has 14 heavy (non-hydrogen) atoms. The third kappa shape index (κ3) is 2.49. The van der Waals surface area contributed by atoms with Gasteiger partial charge in [0, 0.05) is 5.25 Å². The van der Waals surface area contributed by atoms with Gasteiger partial charge in [-0.1, -0.05) is 18.7 Å². The molecule has 0 radical (unpaired) electrons. The number of aliphatic hydroxyl groups excluding tert-OH is 1. The monoisotopic (exact) mass is 215 g/mol. The Morgan fingerprint density at radius 2 is 2.29 bits per heavy atom. The Morgan fingerprint density at radius 1 is 1.64 bits per heavy atom. The summed E-state index contributed by atoms with van der Waals surface area (Å²) in [5.74, 6) is 0. The van der Waals surface area contributed by atoms with Gasteiger partial charge in [-0.3, -0.25) is 4.79 Å². The summed E-state index contributed by atoms with van der Waals surface area (Å²) in [5.41, 5.74) is 5.28. The van der Waals surface area contributed by atoms with Gasteiger partial charge in [0.1, 0.15) is 10.7 Å². The first-order valence-electron chi connectivity index (χ1n) is 4.20. The molecule has 4 N–H and O–H groups in total. The van der Waals surface area contributed by atoms with E-state index in [1.54, 1.807) is 6.92 Å². The number of H-pyrrole nitrogens is 1. The molecule has 0 aromatic carbocycles. The first-order valence-corrected chi connectivity index (χ1v) is 5.08. The van der Waals surface area contributed by atoms with Crippen LogP contribution >= 0.6 is 11.8 Å². The van der Waals surface area contributed by atoms with Gasteiger partial charge < -0.3 is 15.8 Å². The minimum absolute atomic E-state index is 0.0494. The topological polar surface area (TPSA) is 92.0 Å². The molecule has 0 amide bonds. The van der Waals surface area contributed by atoms with Crippen molar-refractivity contribution in [2.24, 2.45) is 0 Å². The number of nitrogen functional groups attached to an aromatic ring is 1. The highest BCUT2D eigenvalue weighted by atomic mass is 32.2. The van der Waals surface area contributed by atoms with Crippen molar-refractivity contribution in [3.05, 3.63) is 16.7 Å². The van der Waals surface area contributed by atoms with Gasteiger partial charge in [-0.2, -0.15) is 0 Å². The summed E-state index contributed by atoms with van der Waals surface area (Å²) in [5, 5.41) is 9.68. The summed E-state index contributed by atoms with van der Waals surface area (Å²) in [6.45, 7) is 3.53. The quantitative estimate of drug-likeness (QED) is 0.495. The van der Waals surface area contributed by atoms with Crippen molar-refractivity contribution in [2.45, 2.75) is 30.2 Å². The average molecular weight is 215 g/mol. The van der Waals surface area contributed by atoms with E-state index in [0.29, 0.717) is 5.03 Å². The third-order valence-corrected chi connectivity index (χ3v) is 3.14. The number of hydrogen-bond donors (Lipinski definition) is 3. The van der Waals surface area contributed by atoms with E-state index in [-0.39, 0.29) is 16.5 Å². The molecular formula is C8H13N3O2S. The highest BCUT2D eigenvalue weighted by molar-refractivity contribution is 8.00. The van der Waals surface area contributed by atoms with E-state index < -0.39 is 6.10 Å². The number of anilines is 1. The Morgan fingerprint density at radius 3 is 2.86 bits per heavy atom. The number of aromatic nitrogens is 2. The fourth-order valence-electron chi connectivity index (χ4n) is 0.762. The minimum atomic E-state index is -0.472. The van der Waals surface area contributed by atoms with Crippen LogP contribution in [0.3, 0.4) is 0 Å². The number of nitrogens with one attached hydrogen (secondary N) is 1. The fourth-order valence-corrected chi connectivity index (χ4v) is 1.64. The molecule has 0 bridgehead atoms. The van der Waals surface area contributed by atoms with Crippen molar-refractivity contribution in [3.63, 3.8) is 0 Å². The maximum atomic E-state index is 11.1. The van der Waals surface area contributed by atoms with Crippen molar-refractivity contribution in [2.75, 3.05) is 5.73 Å². The molecule has 78 valence electrons. The smallest absolute Gasteiger partial charge is 0.275 e. The summed E-state index contributed by atoms with van der Waals surface area (Å²) in [6, 6.07) is 0. The van der Waals surface area contributed by atoms with Crippen LogP contribution in [0.1, 0.15) is 13.8 Å². The zero-order valence-electron chi connectivity index (χ0n) is 8.02. The lowest BCUT2D eigenvalue weighted by molar-refractivity contribution is 0.196. The van der Waals surface area contributed by atoms with Crippen molar-refractivity contribution < 1.29 is 5.11 Å². The molecule has 0 spiro atoms. The summed E-state index contributed by atoms with van der Waals surface area (Å²) >= 11 is 1.29. The molecule has 1 heterocycles. The Bertz CT molecular complexity index is 364. The molecular weight excluding hydrogens is 202 g/mol. The van der Waals surface area contributed by atoms with E-state index in [1.165, 1.54) is 18.1 Å². The standard InChI is InChI=1S/C8H13N3O2S/c1-4(12)5(2)14-8-6(9)7(13)10-3-11-8/h3-5,12H,9H2,1-2H3,(H,10,11,13). The van der Waals surface area contributed by atoms with E-state index in [2.05, 4.69) is 9.97 Å². The number of nitrogens with two attached hydrogens (primary N) is 1. The summed E-state index contributed by atoms with van der Waals surface area (Å²) in [6.07, 6.45) is 0.830. The van der Waals surface area contributed by atoms with Gasteiger partial charge in [-0.05, 0) is 6.92 Å². The predicted molar refractivity (Wildman–Crippen MR) is 56.3 cm³/mol. The van der Waals surface area contributed by atoms with Crippen LogP contribution in [0.2, 0.25) is 0 Å². The number of nitrogens with zero attached hydrogens (tertiary/aromatic N) is 1. The van der Waals surface area contributed by atoms with Gasteiger partial charge in [0.05, 0.1) is 12.4 Å². The van der Waals surface area contributed by atoms with Gasteiger partial charge in [0.25, 0.3) is 5.56 Å². The second-order valence-electron chi connectivity index (χ2n) is 3.01. The number of hydrogen-bond acceptors (Lipinski definition) is 5. The first-order chi connectivity index (χ1) is 6.52. The number of aliphatic hydroxyl groups is 1. The van der Waals surface area contributed by atoms with Crippen LogP contribution in [0.5, 0.6) is 0 Å². The van der Waals surface area contributed by atoms with E-state index >= 15 is 0 Å². The van der Waals surface area contributed by atoms with Crippen LogP contribution in [-0.4, -0.2) is 26.4 Å². The van der Waals surface area contributed by atoms with E-state index in [1.807, 2.05) is 6.92 Å². The lowest BCUT2D eigenvalue weighted by atomic mass is 10.3. The normalized spacial score (nSPS) is 15.1. The van der Waals surface area contributed by atoms with Crippen molar-refractivity contribution >= 4 is 17.4 Å². The molecule has 0 aliphatic heterocycles. The Labute approximate surface area is 85.7 Å². The molecule has 2 atom stereocenters. The molecule has 0 aliphatic carbocycles. The third-order valence-electron chi connectivity index (χ3n) is 1.83. The van der Waals surface area contributed by atoms with Crippen LogP contribution in [0.15, 0.2) is 16.1 Å². The molecule has 1 aromatic rings. The SMILES string of the molecule is CC(O)C(C)Sc1nc[nH]c(=O)c1N. The van der Waals surface area contributed by atoms with Crippen molar-refractivity contribution in [3.8, 4) is 0 Å². The number of aromatic amines is 1. The summed E-state index contributed by atoms with van der Waals surface area (Å²) in [7, 11) is 0. The molecule has 0 aliphatic rings. The van der Waals surface area contributed by atoms with Crippen molar-refractivity contribution in [1.29, 1.82) is 0 Å². The second-order valence-corrected chi connectivity index (χ2v) is 4.38. The highest BCUT2D eigenvalue weighted by Gasteiger charge is 2.14. The highest BCUT2D eigenvalue weighted by Crippen LogP contribution is 2.25. The minimum Gasteiger partial charge on any atom is -0.392 e. The number of thioether (sulfide) groups is 1. The number of rotatable bonds is 3. The van der Waals surface area contributed by atoms with Gasteiger partial charge in [0.15, 0.2) is 0 Å². The summed E-state index contributed by atoms with van der Waals surface area (Å²) < 4.78 is 0. The molecule has 1 aromatic heterocycles. The molecule has 0 saturated carbocycles. The van der Waals surface area contributed by atoms with Crippen LogP contribution in [0.25, 0.3) is 0 Å². The molecule has 2 unspecified atom stereocenters. The average Bonchev–Trinajstić information content (AvgIpc) is 2.12. The Balaban J connectivity index is 2.87. The van der Waals surface area contributed by atoms with Crippen LogP contribution < -0.4 is 11.3 Å². The maximum Gasteiger partial charge on any atom is 0.275 e. The summed E-state index contributed by atoms with van der Waals surface area (Å²) in [4.78, 5) is 17.4. The van der Waals surface area contributed by atoms with Gasteiger partial charge in [0.2, 0.25) is 0 Å². The van der Waals surface area contributed by atoms with E-state index in [4.69, 9.17) is 5.73 Å². The maximum absolute atomic E-state index is 11.1. The van der Waals surface area contributed by atoms with Gasteiger partial charge in [-0.15, -0.1) is 0 Å². The van der Waals surface area contributed by atoms with Gasteiger partial charge >= 0.3 is 0 Å². The fraction of sp³-hybridized carbons (Fsp3) is 0.500. The van der Waals surface area contributed by atoms with Crippen LogP contribution in [0, 0.1) is 0 Å². The van der Waals surface area contributed by atoms with E-state index in [9.17, 15) is 9.90 Å². The zero-order valence-corrected chi connectivity index (χ0v) is 8.84. The zero-order chi connectivity index (χ0) is 10.7. The van der Waals surface area contributed by atoms with Crippen LogP contribution in [0.4, 0.5) is 5.69 Å². The van der Waals surface area contributed by atoms with Crippen LogP contribution in [-0.2, 0) is 0 Å². The second kappa shape index (κ2) is 4.47. The molecule has 1 rings (SSSR count). The van der Waals surface area contributed by atoms with Crippen molar-refractivity contribution in [1.82, 2.24) is 9.97 Å². The molecule has 5 nitrogen and oxygen atoms in total. The molecule has 0 fully saturated rings. The lowest BCUT2D eigenvalue weighted by Gasteiger charge is -2.13. The Hall–Kier alpha value is -1.01. The van der Waals surface area contributed by atoms with Gasteiger partial charge in [-0.25, -0.2) is 4.98 Å². The lowest BCUT2D eigenvalue weighted by Crippen LogP contribution is -2.18. The first kappa shape index (κ1) is 11.1. The largest absolute Gasteiger partial charge is 0.392 e. The molecule has 6 heteroatoms. The Kier molecular flexibility index (Phi) is 3.54. The predicted octanol–water partition coefficient (Wildman–Crippen LogP) is 0.213. The molecule has 0 saturated heterocycles. The van der Waals surface area contributed by atoms with E-state index in [0.717, 1.165) is 0 Å².